The highest BCUT2D eigenvalue weighted by molar-refractivity contribution is 7.80. The number of fused-ring (bicyclic) bond motifs is 1. The molecule has 0 spiro atoms. The lowest BCUT2D eigenvalue weighted by Gasteiger charge is -2.29. The van der Waals surface area contributed by atoms with Gasteiger partial charge in [0.15, 0.2) is 0 Å². The van der Waals surface area contributed by atoms with E-state index in [2.05, 4.69) is 47.4 Å². The summed E-state index contributed by atoms with van der Waals surface area (Å²) in [5.41, 5.74) is 1.19. The van der Waals surface area contributed by atoms with Crippen LogP contribution in [0.2, 0.25) is 0 Å². The molecule has 0 saturated carbocycles. The largest absolute Gasteiger partial charge is 0.362 e. The molecule has 1 fully saturated rings. The number of likely N-dealkylation sites (tertiary alicyclic amines) is 1. The second-order valence-electron chi connectivity index (χ2n) is 4.91. The molecule has 0 atom stereocenters. The molecule has 0 aliphatic carbocycles. The van der Waals surface area contributed by atoms with Gasteiger partial charge in [-0.1, -0.05) is 48.6 Å². The molecule has 92 valence electrons. The van der Waals surface area contributed by atoms with Crippen molar-refractivity contribution in [2.24, 2.45) is 0 Å². The summed E-state index contributed by atoms with van der Waals surface area (Å²) >= 11 is 5.63. The molecule has 2 aromatic rings. The zero-order valence-corrected chi connectivity index (χ0v) is 11.2. The molecule has 0 radical (unpaired) electrons. The van der Waals surface area contributed by atoms with E-state index in [1.54, 1.807) is 0 Å². The Morgan fingerprint density at radius 1 is 0.889 bits per heavy atom. The minimum absolute atomic E-state index is 1.01. The Labute approximate surface area is 113 Å². The predicted octanol–water partition coefficient (Wildman–Crippen LogP) is 4.00. The first kappa shape index (κ1) is 11.7. The van der Waals surface area contributed by atoms with E-state index in [0.717, 1.165) is 18.1 Å². The van der Waals surface area contributed by atoms with Crippen LogP contribution >= 0.6 is 12.2 Å². The van der Waals surface area contributed by atoms with Crippen molar-refractivity contribution in [3.05, 3.63) is 48.0 Å². The molecule has 0 aromatic heterocycles. The zero-order chi connectivity index (χ0) is 12.4. The van der Waals surface area contributed by atoms with Gasteiger partial charge in [-0.15, -0.1) is 0 Å². The summed E-state index contributed by atoms with van der Waals surface area (Å²) in [6.45, 7) is 2.23. The van der Waals surface area contributed by atoms with Crippen LogP contribution in [0.25, 0.3) is 10.8 Å². The molecule has 0 amide bonds. The quantitative estimate of drug-likeness (QED) is 0.709. The van der Waals surface area contributed by atoms with Gasteiger partial charge in [0.2, 0.25) is 0 Å². The van der Waals surface area contributed by atoms with E-state index in [0.29, 0.717) is 0 Å². The van der Waals surface area contributed by atoms with Gasteiger partial charge < -0.3 is 4.90 Å². The van der Waals surface area contributed by atoms with Crippen LogP contribution in [-0.4, -0.2) is 23.0 Å². The smallest absolute Gasteiger partial charge is 0.109 e. The van der Waals surface area contributed by atoms with Crippen molar-refractivity contribution in [2.75, 3.05) is 13.1 Å². The van der Waals surface area contributed by atoms with Crippen molar-refractivity contribution in [1.29, 1.82) is 0 Å². The van der Waals surface area contributed by atoms with Gasteiger partial charge in [-0.05, 0) is 36.1 Å². The van der Waals surface area contributed by atoms with Crippen molar-refractivity contribution in [1.82, 2.24) is 4.90 Å². The van der Waals surface area contributed by atoms with Crippen molar-refractivity contribution in [3.8, 4) is 0 Å². The topological polar surface area (TPSA) is 3.24 Å². The minimum atomic E-state index is 1.01. The van der Waals surface area contributed by atoms with Crippen molar-refractivity contribution >= 4 is 28.0 Å². The van der Waals surface area contributed by atoms with Gasteiger partial charge in [-0.3, -0.25) is 0 Å². The first-order valence-corrected chi connectivity index (χ1v) is 7.03. The van der Waals surface area contributed by atoms with Crippen LogP contribution in [0.1, 0.15) is 24.8 Å². The van der Waals surface area contributed by atoms with Crippen LogP contribution in [0.5, 0.6) is 0 Å². The molecule has 3 rings (SSSR count). The highest BCUT2D eigenvalue weighted by Crippen LogP contribution is 2.19. The SMILES string of the molecule is S=C(c1ccc2ccccc2c1)N1CCCCC1. The number of piperidine rings is 1. The Bertz CT molecular complexity index is 570. The van der Waals surface area contributed by atoms with E-state index in [1.165, 1.54) is 35.6 Å². The number of benzene rings is 2. The Hall–Kier alpha value is -1.41. The van der Waals surface area contributed by atoms with Crippen LogP contribution in [0, 0.1) is 0 Å². The Kier molecular flexibility index (Phi) is 3.28. The van der Waals surface area contributed by atoms with Gasteiger partial charge in [0.1, 0.15) is 4.99 Å². The molecular weight excluding hydrogens is 238 g/mol. The van der Waals surface area contributed by atoms with Gasteiger partial charge in [0, 0.05) is 18.7 Å². The van der Waals surface area contributed by atoms with Crippen LogP contribution in [-0.2, 0) is 0 Å². The number of hydrogen-bond donors (Lipinski definition) is 0. The molecule has 1 saturated heterocycles. The third kappa shape index (κ3) is 2.25. The average Bonchev–Trinajstić information content (AvgIpc) is 2.47. The van der Waals surface area contributed by atoms with E-state index in [9.17, 15) is 0 Å². The summed E-state index contributed by atoms with van der Waals surface area (Å²) in [5, 5.41) is 2.55. The third-order valence-electron chi connectivity index (χ3n) is 3.64. The number of nitrogens with zero attached hydrogens (tertiary/aromatic N) is 1. The molecule has 1 heterocycles. The lowest BCUT2D eigenvalue weighted by atomic mass is 10.1. The number of thiocarbonyl (C=S) groups is 1. The van der Waals surface area contributed by atoms with Crippen molar-refractivity contribution in [2.45, 2.75) is 19.3 Å². The zero-order valence-electron chi connectivity index (χ0n) is 10.4. The summed E-state index contributed by atoms with van der Waals surface area (Å²) in [4.78, 5) is 3.36. The Balaban J connectivity index is 1.91. The summed E-state index contributed by atoms with van der Waals surface area (Å²) < 4.78 is 0. The van der Waals surface area contributed by atoms with Gasteiger partial charge in [-0.2, -0.15) is 0 Å². The lowest BCUT2D eigenvalue weighted by molar-refractivity contribution is 0.347. The van der Waals surface area contributed by atoms with E-state index >= 15 is 0 Å². The van der Waals surface area contributed by atoms with E-state index in [-0.39, 0.29) is 0 Å². The fourth-order valence-electron chi connectivity index (χ4n) is 2.60. The van der Waals surface area contributed by atoms with Crippen molar-refractivity contribution in [3.63, 3.8) is 0 Å². The summed E-state index contributed by atoms with van der Waals surface area (Å²) in [7, 11) is 0. The van der Waals surface area contributed by atoms with Gasteiger partial charge in [0.05, 0.1) is 0 Å². The molecule has 0 N–H and O–H groups in total. The third-order valence-corrected chi connectivity index (χ3v) is 4.13. The van der Waals surface area contributed by atoms with Crippen LogP contribution < -0.4 is 0 Å². The minimum Gasteiger partial charge on any atom is -0.362 e. The lowest BCUT2D eigenvalue weighted by Crippen LogP contribution is -2.34. The van der Waals surface area contributed by atoms with Crippen molar-refractivity contribution < 1.29 is 0 Å². The van der Waals surface area contributed by atoms with Gasteiger partial charge >= 0.3 is 0 Å². The second kappa shape index (κ2) is 5.07. The fourth-order valence-corrected chi connectivity index (χ4v) is 2.91. The predicted molar refractivity (Wildman–Crippen MR) is 81.1 cm³/mol. The second-order valence-corrected chi connectivity index (χ2v) is 5.30. The Morgan fingerprint density at radius 3 is 2.39 bits per heavy atom. The maximum atomic E-state index is 5.63. The maximum absolute atomic E-state index is 5.63. The van der Waals surface area contributed by atoms with Gasteiger partial charge in [-0.25, -0.2) is 0 Å². The Morgan fingerprint density at radius 2 is 1.61 bits per heavy atom. The fraction of sp³-hybridized carbons (Fsp3) is 0.312. The normalized spacial score (nSPS) is 15.9. The average molecular weight is 255 g/mol. The summed E-state index contributed by atoms with van der Waals surface area (Å²) in [6.07, 6.45) is 3.89. The van der Waals surface area contributed by atoms with E-state index < -0.39 is 0 Å². The first-order chi connectivity index (χ1) is 8.84. The first-order valence-electron chi connectivity index (χ1n) is 6.63. The molecule has 0 bridgehead atoms. The monoisotopic (exact) mass is 255 g/mol. The molecule has 18 heavy (non-hydrogen) atoms. The van der Waals surface area contributed by atoms with E-state index in [4.69, 9.17) is 12.2 Å². The van der Waals surface area contributed by atoms with E-state index in [1.807, 2.05) is 0 Å². The molecule has 2 aromatic carbocycles. The van der Waals surface area contributed by atoms with Crippen LogP contribution in [0.15, 0.2) is 42.5 Å². The summed E-state index contributed by atoms with van der Waals surface area (Å²) in [6, 6.07) is 15.0. The molecular formula is C16H17NS. The summed E-state index contributed by atoms with van der Waals surface area (Å²) in [5.74, 6) is 0. The molecule has 1 nitrogen and oxygen atoms in total. The number of hydrogen-bond acceptors (Lipinski definition) is 1. The molecule has 0 unspecified atom stereocenters. The molecule has 1 aliphatic heterocycles. The van der Waals surface area contributed by atoms with Gasteiger partial charge in [0.25, 0.3) is 0 Å². The molecule has 2 heteroatoms. The highest BCUT2D eigenvalue weighted by Gasteiger charge is 2.14. The maximum Gasteiger partial charge on any atom is 0.109 e. The number of rotatable bonds is 1. The van der Waals surface area contributed by atoms with Crippen LogP contribution in [0.4, 0.5) is 0 Å². The van der Waals surface area contributed by atoms with Crippen LogP contribution in [0.3, 0.4) is 0 Å². The highest BCUT2D eigenvalue weighted by atomic mass is 32.1. The molecule has 1 aliphatic rings. The standard InChI is InChI=1S/C16H17NS/c18-16(17-10-4-1-5-11-17)15-9-8-13-6-2-3-7-14(13)12-15/h2-3,6-9,12H,1,4-5,10-11H2.